The van der Waals surface area contributed by atoms with Gasteiger partial charge in [-0.1, -0.05) is 23.7 Å². The molecule has 0 saturated carbocycles. The first-order chi connectivity index (χ1) is 13.7. The fourth-order valence-corrected chi connectivity index (χ4v) is 2.96. The molecule has 3 aromatic heterocycles. The molecule has 3 rings (SSSR count). The van der Waals surface area contributed by atoms with Gasteiger partial charge in [-0.25, -0.2) is 4.98 Å². The van der Waals surface area contributed by atoms with E-state index in [0.29, 0.717) is 37.0 Å². The van der Waals surface area contributed by atoms with Crippen molar-refractivity contribution >= 4 is 17.4 Å². The highest BCUT2D eigenvalue weighted by Crippen LogP contribution is 2.06. The van der Waals surface area contributed by atoms with Crippen LogP contribution in [0.1, 0.15) is 11.3 Å². The van der Waals surface area contributed by atoms with Crippen molar-refractivity contribution in [2.24, 2.45) is 0 Å². The minimum absolute atomic E-state index is 0.220. The Balaban J connectivity index is 1.48. The first-order valence-electron chi connectivity index (χ1n) is 9.23. The molecule has 0 unspecified atom stereocenters. The Morgan fingerprint density at radius 2 is 1.89 bits per heavy atom. The molecular weight excluding hydrogens is 376 g/mol. The lowest BCUT2D eigenvalue weighted by molar-refractivity contribution is 0.584. The minimum Gasteiger partial charge on any atom is -0.365 e. The van der Waals surface area contributed by atoms with E-state index in [9.17, 15) is 4.79 Å². The summed E-state index contributed by atoms with van der Waals surface area (Å²) in [5.41, 5.74) is 1.91. The average Bonchev–Trinajstić information content (AvgIpc) is 2.73. The second kappa shape index (κ2) is 10.5. The first-order valence-corrected chi connectivity index (χ1v) is 9.60. The van der Waals surface area contributed by atoms with Gasteiger partial charge in [-0.05, 0) is 36.7 Å². The minimum atomic E-state index is -0.220. The first kappa shape index (κ1) is 20.0. The highest BCUT2D eigenvalue weighted by Gasteiger charge is 2.08. The highest BCUT2D eigenvalue weighted by molar-refractivity contribution is 6.29. The number of aromatic nitrogens is 4. The normalized spacial score (nSPS) is 10.8. The third kappa shape index (κ3) is 5.87. The molecule has 3 heterocycles. The van der Waals surface area contributed by atoms with Gasteiger partial charge in [0.15, 0.2) is 5.82 Å². The number of halogens is 1. The van der Waals surface area contributed by atoms with Gasteiger partial charge in [0, 0.05) is 50.3 Å². The highest BCUT2D eigenvalue weighted by atomic mass is 35.5. The quantitative estimate of drug-likeness (QED) is 0.509. The largest absolute Gasteiger partial charge is 0.365 e. The third-order valence-corrected chi connectivity index (χ3v) is 4.53. The number of rotatable bonds is 10. The zero-order valence-electron chi connectivity index (χ0n) is 15.5. The number of hydrogen-bond donors (Lipinski definition) is 2. The van der Waals surface area contributed by atoms with Gasteiger partial charge in [0.25, 0.3) is 5.56 Å². The van der Waals surface area contributed by atoms with Crippen molar-refractivity contribution < 1.29 is 0 Å². The van der Waals surface area contributed by atoms with Gasteiger partial charge in [0.2, 0.25) is 0 Å². The number of hydrogen-bond acceptors (Lipinski definition) is 6. The summed E-state index contributed by atoms with van der Waals surface area (Å²) in [5, 5.41) is 6.74. The van der Waals surface area contributed by atoms with E-state index in [2.05, 4.69) is 25.6 Å². The number of anilines is 1. The van der Waals surface area contributed by atoms with Crippen molar-refractivity contribution in [2.75, 3.05) is 25.0 Å². The zero-order valence-corrected chi connectivity index (χ0v) is 16.3. The van der Waals surface area contributed by atoms with E-state index in [1.165, 1.54) is 16.3 Å². The van der Waals surface area contributed by atoms with Crippen LogP contribution in [0, 0.1) is 0 Å². The van der Waals surface area contributed by atoms with Crippen LogP contribution in [0.25, 0.3) is 0 Å². The molecule has 8 heteroatoms. The SMILES string of the molecule is O=c1c(NCCc2ccccn2)ncc(Cl)n1CCNCCc1cccnc1. The van der Waals surface area contributed by atoms with Gasteiger partial charge in [-0.3, -0.25) is 19.3 Å². The van der Waals surface area contributed by atoms with Crippen molar-refractivity contribution in [3.05, 3.63) is 81.9 Å². The summed E-state index contributed by atoms with van der Waals surface area (Å²) in [5.74, 6) is 0.302. The Morgan fingerprint density at radius 3 is 2.68 bits per heavy atom. The van der Waals surface area contributed by atoms with E-state index in [1.807, 2.05) is 36.5 Å². The fraction of sp³-hybridized carbons (Fsp3) is 0.300. The Kier molecular flexibility index (Phi) is 7.52. The van der Waals surface area contributed by atoms with Gasteiger partial charge >= 0.3 is 0 Å². The summed E-state index contributed by atoms with van der Waals surface area (Å²) in [7, 11) is 0. The molecule has 0 radical (unpaired) electrons. The Hall–Kier alpha value is -2.77. The van der Waals surface area contributed by atoms with Gasteiger partial charge in [0.05, 0.1) is 6.20 Å². The predicted molar refractivity (Wildman–Crippen MR) is 111 cm³/mol. The molecule has 0 amide bonds. The van der Waals surface area contributed by atoms with E-state index in [-0.39, 0.29) is 5.56 Å². The molecule has 0 spiro atoms. The van der Waals surface area contributed by atoms with Crippen LogP contribution in [0.2, 0.25) is 5.15 Å². The molecule has 0 aliphatic carbocycles. The standard InChI is InChI=1S/C20H23ClN6O/c21-18-15-26-19(25-11-7-17-5-1-2-9-24-17)20(28)27(18)13-12-22-10-6-16-4-3-8-23-14-16/h1-5,8-9,14-15,22H,6-7,10-13H2,(H,25,26). The number of nitrogens with zero attached hydrogens (tertiary/aromatic N) is 4. The summed E-state index contributed by atoms with van der Waals surface area (Å²) in [4.78, 5) is 25.1. The van der Waals surface area contributed by atoms with Crippen LogP contribution in [0.3, 0.4) is 0 Å². The molecule has 146 valence electrons. The molecule has 0 bridgehead atoms. The van der Waals surface area contributed by atoms with Crippen LogP contribution in [0.5, 0.6) is 0 Å². The van der Waals surface area contributed by atoms with E-state index >= 15 is 0 Å². The van der Waals surface area contributed by atoms with Crippen LogP contribution >= 0.6 is 11.6 Å². The van der Waals surface area contributed by atoms with Gasteiger partial charge in [-0.15, -0.1) is 0 Å². The van der Waals surface area contributed by atoms with Crippen LogP contribution in [0.15, 0.2) is 59.9 Å². The predicted octanol–water partition coefficient (Wildman–Crippen LogP) is 2.17. The fourth-order valence-electron chi connectivity index (χ4n) is 2.75. The monoisotopic (exact) mass is 398 g/mol. The summed E-state index contributed by atoms with van der Waals surface area (Å²) >= 11 is 6.17. The van der Waals surface area contributed by atoms with Crippen LogP contribution in [-0.2, 0) is 19.4 Å². The van der Waals surface area contributed by atoms with Crippen molar-refractivity contribution in [3.8, 4) is 0 Å². The molecular formula is C20H23ClN6O. The van der Waals surface area contributed by atoms with Crippen LogP contribution in [0.4, 0.5) is 5.82 Å². The average molecular weight is 399 g/mol. The lowest BCUT2D eigenvalue weighted by Gasteiger charge is -2.12. The maximum atomic E-state index is 12.6. The summed E-state index contributed by atoms with van der Waals surface area (Å²) < 4.78 is 1.52. The molecule has 28 heavy (non-hydrogen) atoms. The molecule has 0 aromatic carbocycles. The molecule has 0 aliphatic rings. The summed E-state index contributed by atoms with van der Waals surface area (Å²) in [6, 6.07) is 9.74. The van der Waals surface area contributed by atoms with E-state index < -0.39 is 0 Å². The molecule has 0 fully saturated rings. The lowest BCUT2D eigenvalue weighted by atomic mass is 10.2. The van der Waals surface area contributed by atoms with Crippen LogP contribution in [-0.4, -0.2) is 39.2 Å². The summed E-state index contributed by atoms with van der Waals surface area (Å²) in [6.07, 6.45) is 8.46. The maximum Gasteiger partial charge on any atom is 0.294 e. The van der Waals surface area contributed by atoms with Crippen molar-refractivity contribution in [1.29, 1.82) is 0 Å². The van der Waals surface area contributed by atoms with E-state index in [0.717, 1.165) is 18.7 Å². The van der Waals surface area contributed by atoms with E-state index in [1.54, 1.807) is 12.4 Å². The van der Waals surface area contributed by atoms with Crippen molar-refractivity contribution in [3.63, 3.8) is 0 Å². The van der Waals surface area contributed by atoms with Crippen LogP contribution < -0.4 is 16.2 Å². The van der Waals surface area contributed by atoms with Gasteiger partial charge < -0.3 is 10.6 Å². The summed E-state index contributed by atoms with van der Waals surface area (Å²) in [6.45, 7) is 2.49. The zero-order chi connectivity index (χ0) is 19.6. The molecule has 0 atom stereocenters. The smallest absolute Gasteiger partial charge is 0.294 e. The number of pyridine rings is 2. The number of nitrogens with one attached hydrogen (secondary N) is 2. The van der Waals surface area contributed by atoms with E-state index in [4.69, 9.17) is 11.6 Å². The Labute approximate surface area is 168 Å². The molecule has 0 saturated heterocycles. The Bertz CT molecular complexity index is 917. The lowest BCUT2D eigenvalue weighted by Crippen LogP contribution is -2.31. The maximum absolute atomic E-state index is 12.6. The second-order valence-electron chi connectivity index (χ2n) is 6.25. The second-order valence-corrected chi connectivity index (χ2v) is 6.63. The Morgan fingerprint density at radius 1 is 0.964 bits per heavy atom. The van der Waals surface area contributed by atoms with Crippen molar-refractivity contribution in [2.45, 2.75) is 19.4 Å². The van der Waals surface area contributed by atoms with Gasteiger partial charge in [0.1, 0.15) is 5.15 Å². The molecule has 2 N–H and O–H groups in total. The third-order valence-electron chi connectivity index (χ3n) is 4.23. The molecule has 0 aliphatic heterocycles. The molecule has 3 aromatic rings. The topological polar surface area (TPSA) is 84.7 Å². The van der Waals surface area contributed by atoms with Gasteiger partial charge in [-0.2, -0.15) is 0 Å². The van der Waals surface area contributed by atoms with Crippen molar-refractivity contribution in [1.82, 2.24) is 24.8 Å². The molecule has 7 nitrogen and oxygen atoms in total.